The summed E-state index contributed by atoms with van der Waals surface area (Å²) in [5, 5.41) is 12.2. The zero-order valence-corrected chi connectivity index (χ0v) is 11.8. The van der Waals surface area contributed by atoms with Gasteiger partial charge in [-0.05, 0) is 44.9 Å². The molecular weight excluding hydrogens is 243 g/mol. The second-order valence-electron chi connectivity index (χ2n) is 4.81. The molecular formula is C15H21FN2O. The fourth-order valence-electron chi connectivity index (χ4n) is 1.91. The van der Waals surface area contributed by atoms with Gasteiger partial charge < -0.3 is 4.74 Å². The Kier molecular flexibility index (Phi) is 5.78. The molecule has 0 saturated heterocycles. The normalized spacial score (nSPS) is 13.6. The van der Waals surface area contributed by atoms with Gasteiger partial charge in [-0.15, -0.1) is 0 Å². The lowest BCUT2D eigenvalue weighted by atomic mass is 9.98. The molecule has 0 saturated carbocycles. The number of nitriles is 1. The number of benzene rings is 1. The van der Waals surface area contributed by atoms with Crippen LogP contribution in [0.4, 0.5) is 4.39 Å². The van der Waals surface area contributed by atoms with E-state index in [1.165, 1.54) is 0 Å². The average Bonchev–Trinajstić information content (AvgIpc) is 2.40. The van der Waals surface area contributed by atoms with Gasteiger partial charge >= 0.3 is 0 Å². The molecule has 0 fully saturated rings. The lowest BCUT2D eigenvalue weighted by Gasteiger charge is -2.22. The van der Waals surface area contributed by atoms with E-state index in [1.54, 1.807) is 25.1 Å². The van der Waals surface area contributed by atoms with Crippen LogP contribution in [-0.4, -0.2) is 18.7 Å². The number of hydrogen-bond acceptors (Lipinski definition) is 3. The van der Waals surface area contributed by atoms with Crippen LogP contribution in [0.15, 0.2) is 18.2 Å². The van der Waals surface area contributed by atoms with Crippen molar-refractivity contribution in [1.82, 2.24) is 5.32 Å². The average molecular weight is 264 g/mol. The van der Waals surface area contributed by atoms with Crippen molar-refractivity contribution in [1.29, 1.82) is 5.26 Å². The van der Waals surface area contributed by atoms with Gasteiger partial charge in [0.2, 0.25) is 0 Å². The fraction of sp³-hybridized carbons (Fsp3) is 0.533. The maximum atomic E-state index is 13.7. The fourth-order valence-corrected chi connectivity index (χ4v) is 1.91. The number of aryl methyl sites for hydroxylation is 1. The highest BCUT2D eigenvalue weighted by atomic mass is 19.1. The maximum Gasteiger partial charge on any atom is 0.167 e. The van der Waals surface area contributed by atoms with Gasteiger partial charge in [0.25, 0.3) is 0 Å². The molecule has 0 aliphatic carbocycles. The number of rotatable bonds is 7. The molecule has 1 rings (SSSR count). The van der Waals surface area contributed by atoms with Crippen LogP contribution in [0.3, 0.4) is 0 Å². The van der Waals surface area contributed by atoms with Gasteiger partial charge in [0.15, 0.2) is 11.6 Å². The number of halogens is 1. The molecule has 4 heteroatoms. The molecule has 1 atom stereocenters. The van der Waals surface area contributed by atoms with Crippen LogP contribution < -0.4 is 10.1 Å². The lowest BCUT2D eigenvalue weighted by molar-refractivity contribution is 0.274. The van der Waals surface area contributed by atoms with Crippen molar-refractivity contribution in [2.75, 3.05) is 13.2 Å². The highest BCUT2D eigenvalue weighted by molar-refractivity contribution is 5.30. The van der Waals surface area contributed by atoms with Crippen LogP contribution in [0, 0.1) is 24.1 Å². The van der Waals surface area contributed by atoms with Crippen LogP contribution in [0.5, 0.6) is 5.75 Å². The largest absolute Gasteiger partial charge is 0.491 e. The summed E-state index contributed by atoms with van der Waals surface area (Å²) < 4.78 is 19.1. The molecule has 104 valence electrons. The Morgan fingerprint density at radius 2 is 2.21 bits per heavy atom. The van der Waals surface area contributed by atoms with Gasteiger partial charge in [0.05, 0.1) is 12.7 Å². The maximum absolute atomic E-state index is 13.7. The minimum absolute atomic E-state index is 0.280. The molecule has 0 bridgehead atoms. The van der Waals surface area contributed by atoms with Crippen molar-refractivity contribution in [2.45, 2.75) is 39.2 Å². The Morgan fingerprint density at radius 1 is 1.47 bits per heavy atom. The zero-order valence-electron chi connectivity index (χ0n) is 11.8. The van der Waals surface area contributed by atoms with Gasteiger partial charge in [-0.1, -0.05) is 19.1 Å². The summed E-state index contributed by atoms with van der Waals surface area (Å²) in [7, 11) is 0. The third-order valence-electron chi connectivity index (χ3n) is 3.05. The Balaban J connectivity index is 2.43. The van der Waals surface area contributed by atoms with E-state index in [4.69, 9.17) is 10.00 Å². The summed E-state index contributed by atoms with van der Waals surface area (Å²) in [4.78, 5) is 0. The first-order valence-electron chi connectivity index (χ1n) is 6.56. The minimum atomic E-state index is -0.538. The second kappa shape index (κ2) is 7.10. The summed E-state index contributed by atoms with van der Waals surface area (Å²) in [5.41, 5.74) is 0.0375. The van der Waals surface area contributed by atoms with Crippen LogP contribution in [0.1, 0.15) is 32.3 Å². The minimum Gasteiger partial charge on any atom is -0.491 e. The highest BCUT2D eigenvalue weighted by Gasteiger charge is 2.21. The van der Waals surface area contributed by atoms with Crippen molar-refractivity contribution in [3.8, 4) is 11.8 Å². The summed E-state index contributed by atoms with van der Waals surface area (Å²) in [5.74, 6) is -0.0284. The smallest absolute Gasteiger partial charge is 0.167 e. The number of nitrogens with one attached hydrogen (secondary N) is 1. The summed E-state index contributed by atoms with van der Waals surface area (Å²) in [6, 6.07) is 7.36. The predicted molar refractivity (Wildman–Crippen MR) is 73.6 cm³/mol. The molecule has 1 aromatic rings. The molecule has 0 aromatic heterocycles. The molecule has 0 heterocycles. The summed E-state index contributed by atoms with van der Waals surface area (Å²) in [6.45, 7) is 6.69. The van der Waals surface area contributed by atoms with E-state index in [-0.39, 0.29) is 11.6 Å². The number of nitrogens with zero attached hydrogens (tertiary/aromatic N) is 1. The SMILES string of the molecule is CCNC(C)(C#N)CCCOc1cccc(C)c1F. The van der Waals surface area contributed by atoms with Gasteiger partial charge in [0, 0.05) is 0 Å². The van der Waals surface area contributed by atoms with Crippen molar-refractivity contribution in [2.24, 2.45) is 0 Å². The Hall–Kier alpha value is -1.60. The van der Waals surface area contributed by atoms with E-state index in [1.807, 2.05) is 13.8 Å². The van der Waals surface area contributed by atoms with E-state index in [0.717, 1.165) is 6.54 Å². The molecule has 1 aromatic carbocycles. The van der Waals surface area contributed by atoms with E-state index in [9.17, 15) is 4.39 Å². The molecule has 0 radical (unpaired) electrons. The molecule has 1 unspecified atom stereocenters. The zero-order chi connectivity index (χ0) is 14.3. The lowest BCUT2D eigenvalue weighted by Crippen LogP contribution is -2.40. The molecule has 0 aliphatic rings. The predicted octanol–water partition coefficient (Wildman–Crippen LogP) is 3.18. The molecule has 1 N–H and O–H groups in total. The van der Waals surface area contributed by atoms with E-state index in [2.05, 4.69) is 11.4 Å². The molecule has 19 heavy (non-hydrogen) atoms. The van der Waals surface area contributed by atoms with E-state index < -0.39 is 5.54 Å². The Labute approximate surface area is 114 Å². The van der Waals surface area contributed by atoms with E-state index >= 15 is 0 Å². The molecule has 0 spiro atoms. The number of ether oxygens (including phenoxy) is 1. The van der Waals surface area contributed by atoms with Crippen molar-refractivity contribution >= 4 is 0 Å². The number of hydrogen-bond donors (Lipinski definition) is 1. The Morgan fingerprint density at radius 3 is 2.84 bits per heavy atom. The molecule has 0 aliphatic heterocycles. The summed E-state index contributed by atoms with van der Waals surface area (Å²) in [6.07, 6.45) is 1.37. The second-order valence-corrected chi connectivity index (χ2v) is 4.81. The molecule has 0 amide bonds. The third kappa shape index (κ3) is 4.53. The third-order valence-corrected chi connectivity index (χ3v) is 3.05. The Bertz CT molecular complexity index is 456. The topological polar surface area (TPSA) is 45.0 Å². The van der Waals surface area contributed by atoms with Crippen molar-refractivity contribution < 1.29 is 9.13 Å². The van der Waals surface area contributed by atoms with Crippen LogP contribution in [-0.2, 0) is 0 Å². The van der Waals surface area contributed by atoms with Crippen molar-refractivity contribution in [3.05, 3.63) is 29.6 Å². The highest BCUT2D eigenvalue weighted by Crippen LogP contribution is 2.20. The van der Waals surface area contributed by atoms with Gasteiger partial charge in [-0.2, -0.15) is 5.26 Å². The van der Waals surface area contributed by atoms with Crippen LogP contribution in [0.25, 0.3) is 0 Å². The van der Waals surface area contributed by atoms with Crippen LogP contribution in [0.2, 0.25) is 0 Å². The summed E-state index contributed by atoms with van der Waals surface area (Å²) >= 11 is 0. The standard InChI is InChI=1S/C15H21FN2O/c1-4-18-15(3,11-17)9-6-10-19-13-8-5-7-12(2)14(13)16/h5,7-8,18H,4,6,9-10H2,1-3H3. The van der Waals surface area contributed by atoms with Gasteiger partial charge in [-0.3, -0.25) is 5.32 Å². The first-order valence-corrected chi connectivity index (χ1v) is 6.56. The van der Waals surface area contributed by atoms with E-state index in [0.29, 0.717) is 25.0 Å². The van der Waals surface area contributed by atoms with Crippen LogP contribution >= 0.6 is 0 Å². The van der Waals surface area contributed by atoms with Gasteiger partial charge in [0.1, 0.15) is 5.54 Å². The molecule has 3 nitrogen and oxygen atoms in total. The van der Waals surface area contributed by atoms with Crippen molar-refractivity contribution in [3.63, 3.8) is 0 Å². The first-order chi connectivity index (χ1) is 9.02. The monoisotopic (exact) mass is 264 g/mol. The first kappa shape index (κ1) is 15.5. The quantitative estimate of drug-likeness (QED) is 0.769. The van der Waals surface area contributed by atoms with Gasteiger partial charge in [-0.25, -0.2) is 4.39 Å².